The number of non-ortho nitro benzene ring substituents is 1. The molecule has 21 heavy (non-hydrogen) atoms. The Morgan fingerprint density at radius 3 is 2.76 bits per heavy atom. The number of carbonyl (C=O) groups is 1. The zero-order valence-corrected chi connectivity index (χ0v) is 12.7. The first kappa shape index (κ1) is 16.0. The van der Waals surface area contributed by atoms with E-state index in [0.29, 0.717) is 0 Å². The average molecular weight is 353 g/mol. The molecule has 0 bridgehead atoms. The molecular weight excluding hydrogens is 344 g/mol. The van der Waals surface area contributed by atoms with E-state index in [2.05, 4.69) is 0 Å². The Labute approximate surface area is 128 Å². The number of nitro groups is 1. The molecule has 1 heterocycles. The van der Waals surface area contributed by atoms with Gasteiger partial charge in [0.25, 0.3) is 5.69 Å². The zero-order valence-electron chi connectivity index (χ0n) is 10.3. The largest absolute Gasteiger partial charge is 0.480 e. The number of nitrogens with zero attached hydrogens (tertiary/aromatic N) is 2. The van der Waals surface area contributed by atoms with Crippen molar-refractivity contribution in [1.29, 1.82) is 0 Å². The summed E-state index contributed by atoms with van der Waals surface area (Å²) in [4.78, 5) is 20.6. The van der Waals surface area contributed by atoms with E-state index in [4.69, 9.17) is 16.7 Å². The molecule has 0 radical (unpaired) electrons. The van der Waals surface area contributed by atoms with E-state index in [1.807, 2.05) is 0 Å². The van der Waals surface area contributed by atoms with Gasteiger partial charge in [-0.15, -0.1) is 11.8 Å². The first-order valence-corrected chi connectivity index (χ1v) is 8.48. The molecule has 1 aliphatic rings. The molecule has 1 aliphatic heterocycles. The van der Waals surface area contributed by atoms with E-state index in [-0.39, 0.29) is 16.7 Å². The van der Waals surface area contributed by atoms with Crippen molar-refractivity contribution in [3.05, 3.63) is 33.3 Å². The fourth-order valence-electron chi connectivity index (χ4n) is 1.79. The summed E-state index contributed by atoms with van der Waals surface area (Å²) < 4.78 is 25.8. The van der Waals surface area contributed by atoms with E-state index >= 15 is 0 Å². The lowest BCUT2D eigenvalue weighted by atomic mass is 10.3. The molecule has 114 valence electrons. The lowest BCUT2D eigenvalue weighted by Crippen LogP contribution is -2.41. The third kappa shape index (κ3) is 2.98. The lowest BCUT2D eigenvalue weighted by molar-refractivity contribution is -0.385. The topological polar surface area (TPSA) is 118 Å². The Hall–Kier alpha value is -1.36. The third-order valence-corrected chi connectivity index (χ3v) is 6.35. The minimum absolute atomic E-state index is 0.0433. The molecule has 11 heteroatoms. The van der Waals surface area contributed by atoms with Crippen LogP contribution in [0.3, 0.4) is 0 Å². The van der Waals surface area contributed by atoms with E-state index in [1.54, 1.807) is 0 Å². The second-order valence-electron chi connectivity index (χ2n) is 4.12. The molecule has 0 aromatic heterocycles. The summed E-state index contributed by atoms with van der Waals surface area (Å²) in [6, 6.07) is 1.80. The highest BCUT2D eigenvalue weighted by molar-refractivity contribution is 8.00. The summed E-state index contributed by atoms with van der Waals surface area (Å²) in [6.07, 6.45) is 0. The van der Waals surface area contributed by atoms with Crippen molar-refractivity contribution < 1.29 is 23.2 Å². The predicted octanol–water partition coefficient (Wildman–Crippen LogP) is 1.40. The van der Waals surface area contributed by atoms with Gasteiger partial charge in [0.15, 0.2) is 0 Å². The maximum Gasteiger partial charge on any atom is 0.322 e. The van der Waals surface area contributed by atoms with Gasteiger partial charge in [0.1, 0.15) is 10.9 Å². The van der Waals surface area contributed by atoms with Gasteiger partial charge in [-0.2, -0.15) is 4.31 Å². The summed E-state index contributed by atoms with van der Waals surface area (Å²) in [5, 5.41) is 19.6. The molecule has 1 saturated heterocycles. The summed E-state index contributed by atoms with van der Waals surface area (Å²) in [5.41, 5.74) is -0.434. The van der Waals surface area contributed by atoms with Gasteiger partial charge in [0, 0.05) is 17.9 Å². The van der Waals surface area contributed by atoms with E-state index in [0.717, 1.165) is 34.3 Å². The van der Waals surface area contributed by atoms with Crippen molar-refractivity contribution in [1.82, 2.24) is 4.31 Å². The molecule has 0 spiro atoms. The van der Waals surface area contributed by atoms with Crippen LogP contribution in [0.1, 0.15) is 0 Å². The van der Waals surface area contributed by atoms with Crippen LogP contribution in [-0.4, -0.2) is 46.4 Å². The van der Waals surface area contributed by atoms with Gasteiger partial charge in [-0.05, 0) is 6.07 Å². The van der Waals surface area contributed by atoms with Crippen LogP contribution in [0.5, 0.6) is 0 Å². The van der Waals surface area contributed by atoms with Gasteiger partial charge in [0.05, 0.1) is 15.8 Å². The smallest absolute Gasteiger partial charge is 0.322 e. The van der Waals surface area contributed by atoms with Crippen LogP contribution in [0.25, 0.3) is 0 Å². The van der Waals surface area contributed by atoms with Gasteiger partial charge in [0.2, 0.25) is 10.0 Å². The monoisotopic (exact) mass is 352 g/mol. The van der Waals surface area contributed by atoms with Gasteiger partial charge in [-0.25, -0.2) is 8.42 Å². The van der Waals surface area contributed by atoms with E-state index in [9.17, 15) is 23.3 Å². The summed E-state index contributed by atoms with van der Waals surface area (Å²) in [5.74, 6) is -1.20. The second-order valence-corrected chi connectivity index (χ2v) is 7.38. The number of hydrogen-bond donors (Lipinski definition) is 1. The van der Waals surface area contributed by atoms with Crippen LogP contribution >= 0.6 is 23.4 Å². The van der Waals surface area contributed by atoms with E-state index in [1.165, 1.54) is 0 Å². The molecule has 1 unspecified atom stereocenters. The van der Waals surface area contributed by atoms with Crippen molar-refractivity contribution in [2.75, 3.05) is 11.6 Å². The number of nitro benzene ring substituents is 1. The van der Waals surface area contributed by atoms with Crippen molar-refractivity contribution in [2.24, 2.45) is 0 Å². The van der Waals surface area contributed by atoms with Crippen molar-refractivity contribution in [2.45, 2.75) is 10.9 Å². The number of carboxylic acids is 1. The van der Waals surface area contributed by atoms with Gasteiger partial charge < -0.3 is 5.11 Å². The van der Waals surface area contributed by atoms with Gasteiger partial charge in [-0.3, -0.25) is 14.9 Å². The molecular formula is C10H9ClN2O6S2. The predicted molar refractivity (Wildman–Crippen MR) is 75.9 cm³/mol. The second kappa shape index (κ2) is 5.79. The molecule has 1 aromatic carbocycles. The number of carboxylic acid groups (broad SMARTS) is 1. The highest BCUT2D eigenvalue weighted by Gasteiger charge is 2.41. The Kier molecular flexibility index (Phi) is 4.42. The number of hydrogen-bond acceptors (Lipinski definition) is 6. The number of thioether (sulfide) groups is 1. The standard InChI is InChI=1S/C10H9ClN2O6S2/c11-7-2-1-6(13(16)17)3-9(7)21(18,19)12-5-20-4-8(12)10(14)15/h1-3,8H,4-5H2,(H,14,15). The molecule has 1 aromatic rings. The lowest BCUT2D eigenvalue weighted by Gasteiger charge is -2.20. The van der Waals surface area contributed by atoms with E-state index < -0.39 is 37.5 Å². The number of halogens is 1. The average Bonchev–Trinajstić information content (AvgIpc) is 2.88. The van der Waals surface area contributed by atoms with Crippen molar-refractivity contribution in [3.63, 3.8) is 0 Å². The van der Waals surface area contributed by atoms with Crippen LogP contribution in [0, 0.1) is 10.1 Å². The molecule has 0 saturated carbocycles. The molecule has 8 nitrogen and oxygen atoms in total. The molecule has 1 atom stereocenters. The SMILES string of the molecule is O=C(O)C1CSCN1S(=O)(=O)c1cc([N+](=O)[O-])ccc1Cl. The number of sulfonamides is 1. The fourth-order valence-corrected chi connectivity index (χ4v) is 5.42. The molecule has 2 rings (SSSR count). The normalized spacial score (nSPS) is 19.6. The number of benzene rings is 1. The highest BCUT2D eigenvalue weighted by atomic mass is 35.5. The maximum atomic E-state index is 12.5. The first-order valence-electron chi connectivity index (χ1n) is 5.51. The zero-order chi connectivity index (χ0) is 15.8. The molecule has 0 amide bonds. The van der Waals surface area contributed by atoms with Gasteiger partial charge >= 0.3 is 5.97 Å². The third-order valence-electron chi connectivity index (χ3n) is 2.84. The summed E-state index contributed by atoms with van der Waals surface area (Å²) in [6.45, 7) is 0. The Morgan fingerprint density at radius 1 is 1.52 bits per heavy atom. The van der Waals surface area contributed by atoms with Crippen molar-refractivity contribution >= 4 is 45.0 Å². The van der Waals surface area contributed by atoms with Crippen molar-refractivity contribution in [3.8, 4) is 0 Å². The van der Waals surface area contributed by atoms with Crippen LogP contribution in [0.4, 0.5) is 5.69 Å². The number of aliphatic carboxylic acids is 1. The molecule has 1 fully saturated rings. The van der Waals surface area contributed by atoms with Crippen LogP contribution in [0.2, 0.25) is 5.02 Å². The first-order chi connectivity index (χ1) is 9.75. The van der Waals surface area contributed by atoms with Crippen LogP contribution in [-0.2, 0) is 14.8 Å². The quantitative estimate of drug-likeness (QED) is 0.642. The molecule has 0 aliphatic carbocycles. The summed E-state index contributed by atoms with van der Waals surface area (Å²) in [7, 11) is -4.22. The number of rotatable bonds is 4. The van der Waals surface area contributed by atoms with Crippen LogP contribution in [0.15, 0.2) is 23.1 Å². The molecule has 1 N–H and O–H groups in total. The van der Waals surface area contributed by atoms with Crippen LogP contribution < -0.4 is 0 Å². The highest BCUT2D eigenvalue weighted by Crippen LogP contribution is 2.33. The fraction of sp³-hybridized carbons (Fsp3) is 0.300. The minimum Gasteiger partial charge on any atom is -0.480 e. The Morgan fingerprint density at radius 2 is 2.19 bits per heavy atom. The van der Waals surface area contributed by atoms with Gasteiger partial charge in [-0.1, -0.05) is 11.6 Å². The summed E-state index contributed by atoms with van der Waals surface area (Å²) >= 11 is 6.95. The Bertz CT molecular complexity index is 707. The maximum absolute atomic E-state index is 12.5. The minimum atomic E-state index is -4.22. The Balaban J connectivity index is 2.51.